The molecule has 0 amide bonds. The minimum absolute atomic E-state index is 0.361. The van der Waals surface area contributed by atoms with E-state index in [-0.39, 0.29) is 6.10 Å². The van der Waals surface area contributed by atoms with Gasteiger partial charge in [0.2, 0.25) is 0 Å². The summed E-state index contributed by atoms with van der Waals surface area (Å²) < 4.78 is 5.49. The van der Waals surface area contributed by atoms with Crippen LogP contribution in [0.2, 0.25) is 0 Å². The van der Waals surface area contributed by atoms with Crippen LogP contribution in [0.25, 0.3) is 0 Å². The molecule has 80 valence electrons. The van der Waals surface area contributed by atoms with Gasteiger partial charge in [0.05, 0.1) is 6.61 Å². The minimum Gasteiger partial charge on any atom is -0.495 e. The molecule has 0 aromatic heterocycles. The highest BCUT2D eigenvalue weighted by Crippen LogP contribution is 2.36. The summed E-state index contributed by atoms with van der Waals surface area (Å²) in [4.78, 5) is 0. The fourth-order valence-electron chi connectivity index (χ4n) is 2.27. The molecule has 0 radical (unpaired) electrons. The summed E-state index contributed by atoms with van der Waals surface area (Å²) in [6.07, 6.45) is 7.75. The minimum atomic E-state index is -0.361. The molecule has 1 N–H and O–H groups in total. The van der Waals surface area contributed by atoms with Crippen LogP contribution in [0.3, 0.4) is 0 Å². The standard InChI is InChI=1S/C12H20O2/c1-9(10-5-4-6-10)12(13)11-7-2-3-8-14-11/h7,9-10,12-13H,2-6,8H2,1H3. The molecule has 14 heavy (non-hydrogen) atoms. The lowest BCUT2D eigenvalue weighted by molar-refractivity contribution is 0.0240. The van der Waals surface area contributed by atoms with Crippen LogP contribution in [0, 0.1) is 11.8 Å². The molecule has 2 rings (SSSR count). The summed E-state index contributed by atoms with van der Waals surface area (Å²) in [6.45, 7) is 2.92. The highest BCUT2D eigenvalue weighted by Gasteiger charge is 2.31. The van der Waals surface area contributed by atoms with Crippen LogP contribution in [-0.2, 0) is 4.74 Å². The molecule has 2 nitrogen and oxygen atoms in total. The maximum Gasteiger partial charge on any atom is 0.121 e. The zero-order valence-electron chi connectivity index (χ0n) is 8.91. The summed E-state index contributed by atoms with van der Waals surface area (Å²) in [7, 11) is 0. The molecule has 2 heteroatoms. The highest BCUT2D eigenvalue weighted by atomic mass is 16.5. The number of hydrogen-bond donors (Lipinski definition) is 1. The Kier molecular flexibility index (Phi) is 3.12. The molecule has 2 aliphatic rings. The number of aliphatic hydroxyl groups excluding tert-OH is 1. The van der Waals surface area contributed by atoms with E-state index in [1.165, 1.54) is 19.3 Å². The first-order chi connectivity index (χ1) is 6.79. The zero-order valence-corrected chi connectivity index (χ0v) is 8.91. The Balaban J connectivity index is 1.91. The molecular weight excluding hydrogens is 176 g/mol. The van der Waals surface area contributed by atoms with Gasteiger partial charge in [-0.25, -0.2) is 0 Å². The predicted octanol–water partition coefficient (Wildman–Crippen LogP) is 2.48. The quantitative estimate of drug-likeness (QED) is 0.751. The lowest BCUT2D eigenvalue weighted by Gasteiger charge is -2.35. The Hall–Kier alpha value is -0.500. The van der Waals surface area contributed by atoms with Gasteiger partial charge in [-0.15, -0.1) is 0 Å². The highest BCUT2D eigenvalue weighted by molar-refractivity contribution is 5.04. The van der Waals surface area contributed by atoms with Crippen LogP contribution >= 0.6 is 0 Å². The van der Waals surface area contributed by atoms with E-state index in [1.54, 1.807) is 0 Å². The van der Waals surface area contributed by atoms with Gasteiger partial charge in [0, 0.05) is 0 Å². The topological polar surface area (TPSA) is 29.5 Å². The molecule has 2 unspecified atom stereocenters. The zero-order chi connectivity index (χ0) is 9.97. The first-order valence-electron chi connectivity index (χ1n) is 5.80. The molecule has 0 saturated heterocycles. The molecule has 0 spiro atoms. The van der Waals surface area contributed by atoms with Crippen molar-refractivity contribution in [2.75, 3.05) is 6.61 Å². The van der Waals surface area contributed by atoms with Gasteiger partial charge in [-0.2, -0.15) is 0 Å². The Bertz CT molecular complexity index is 218. The van der Waals surface area contributed by atoms with Crippen molar-refractivity contribution >= 4 is 0 Å². The van der Waals surface area contributed by atoms with Crippen molar-refractivity contribution in [3.8, 4) is 0 Å². The van der Waals surface area contributed by atoms with Gasteiger partial charge in [0.25, 0.3) is 0 Å². The summed E-state index contributed by atoms with van der Waals surface area (Å²) >= 11 is 0. The summed E-state index contributed by atoms with van der Waals surface area (Å²) in [5, 5.41) is 10.1. The van der Waals surface area contributed by atoms with Crippen LogP contribution in [0.15, 0.2) is 11.8 Å². The van der Waals surface area contributed by atoms with Gasteiger partial charge >= 0.3 is 0 Å². The number of hydrogen-bond acceptors (Lipinski definition) is 2. The average Bonchev–Trinajstić information content (AvgIpc) is 2.15. The van der Waals surface area contributed by atoms with E-state index in [4.69, 9.17) is 4.74 Å². The van der Waals surface area contributed by atoms with Crippen LogP contribution in [0.4, 0.5) is 0 Å². The van der Waals surface area contributed by atoms with E-state index in [0.29, 0.717) is 5.92 Å². The Morgan fingerprint density at radius 3 is 2.71 bits per heavy atom. The molecule has 0 aromatic rings. The van der Waals surface area contributed by atoms with Crippen molar-refractivity contribution in [3.05, 3.63) is 11.8 Å². The molecule has 1 saturated carbocycles. The SMILES string of the molecule is CC(C1CCC1)C(O)C1=CCCCO1. The first kappa shape index (κ1) is 10.0. The largest absolute Gasteiger partial charge is 0.495 e. The second kappa shape index (κ2) is 4.35. The van der Waals surface area contributed by atoms with Gasteiger partial charge in [0.1, 0.15) is 11.9 Å². The molecule has 1 aliphatic heterocycles. The van der Waals surface area contributed by atoms with E-state index in [0.717, 1.165) is 31.1 Å². The van der Waals surface area contributed by atoms with Gasteiger partial charge in [-0.3, -0.25) is 0 Å². The van der Waals surface area contributed by atoms with Gasteiger partial charge < -0.3 is 9.84 Å². The van der Waals surface area contributed by atoms with E-state index < -0.39 is 0 Å². The van der Waals surface area contributed by atoms with Crippen molar-refractivity contribution in [1.82, 2.24) is 0 Å². The van der Waals surface area contributed by atoms with Crippen molar-refractivity contribution in [3.63, 3.8) is 0 Å². The molecule has 1 aliphatic carbocycles. The molecule has 0 bridgehead atoms. The van der Waals surface area contributed by atoms with Crippen molar-refractivity contribution in [2.45, 2.75) is 45.1 Å². The number of aliphatic hydroxyl groups is 1. The lowest BCUT2D eigenvalue weighted by Crippen LogP contribution is -2.32. The third-order valence-corrected chi connectivity index (χ3v) is 3.65. The third kappa shape index (κ3) is 1.95. The Morgan fingerprint density at radius 2 is 2.21 bits per heavy atom. The van der Waals surface area contributed by atoms with E-state index in [1.807, 2.05) is 0 Å². The van der Waals surface area contributed by atoms with Crippen LogP contribution in [-0.4, -0.2) is 17.8 Å². The number of ether oxygens (including phenoxy) is 1. The molecule has 2 atom stereocenters. The fourth-order valence-corrected chi connectivity index (χ4v) is 2.27. The smallest absolute Gasteiger partial charge is 0.121 e. The van der Waals surface area contributed by atoms with E-state index in [2.05, 4.69) is 13.0 Å². The van der Waals surface area contributed by atoms with Crippen molar-refractivity contribution in [1.29, 1.82) is 0 Å². The average molecular weight is 196 g/mol. The third-order valence-electron chi connectivity index (χ3n) is 3.65. The predicted molar refractivity (Wildman–Crippen MR) is 55.8 cm³/mol. The Labute approximate surface area is 86.0 Å². The lowest BCUT2D eigenvalue weighted by atomic mass is 9.74. The Morgan fingerprint density at radius 1 is 1.43 bits per heavy atom. The summed E-state index contributed by atoms with van der Waals surface area (Å²) in [6, 6.07) is 0. The fraction of sp³-hybridized carbons (Fsp3) is 0.833. The van der Waals surface area contributed by atoms with Gasteiger partial charge in [-0.1, -0.05) is 26.2 Å². The van der Waals surface area contributed by atoms with Crippen LogP contribution in [0.1, 0.15) is 39.0 Å². The first-order valence-corrected chi connectivity index (χ1v) is 5.80. The maximum absolute atomic E-state index is 10.1. The van der Waals surface area contributed by atoms with Crippen molar-refractivity contribution < 1.29 is 9.84 Å². The van der Waals surface area contributed by atoms with E-state index in [9.17, 15) is 5.11 Å². The number of rotatable bonds is 3. The maximum atomic E-state index is 10.1. The van der Waals surface area contributed by atoms with Crippen LogP contribution in [0.5, 0.6) is 0 Å². The van der Waals surface area contributed by atoms with E-state index >= 15 is 0 Å². The van der Waals surface area contributed by atoms with Gasteiger partial charge in [0.15, 0.2) is 0 Å². The summed E-state index contributed by atoms with van der Waals surface area (Å²) in [5.74, 6) is 1.92. The van der Waals surface area contributed by atoms with Crippen molar-refractivity contribution in [2.24, 2.45) is 11.8 Å². The second-order valence-corrected chi connectivity index (χ2v) is 4.59. The molecule has 1 fully saturated rings. The monoisotopic (exact) mass is 196 g/mol. The molecular formula is C12H20O2. The number of allylic oxidation sites excluding steroid dienone is 1. The second-order valence-electron chi connectivity index (χ2n) is 4.59. The van der Waals surface area contributed by atoms with Crippen LogP contribution < -0.4 is 0 Å². The molecule has 0 aromatic carbocycles. The molecule has 1 heterocycles. The summed E-state index contributed by atoms with van der Waals surface area (Å²) in [5.41, 5.74) is 0. The normalized spacial score (nSPS) is 27.1. The van der Waals surface area contributed by atoms with Gasteiger partial charge in [-0.05, 0) is 30.8 Å².